The van der Waals surface area contributed by atoms with Gasteiger partial charge in [-0.1, -0.05) is 42.5 Å². The molecule has 2 fully saturated rings. The van der Waals surface area contributed by atoms with E-state index in [1.807, 2.05) is 35.2 Å². The summed E-state index contributed by atoms with van der Waals surface area (Å²) in [5.74, 6) is 0.847. The van der Waals surface area contributed by atoms with Crippen LogP contribution in [0.15, 0.2) is 59.6 Å². The molecule has 2 aromatic rings. The third-order valence-electron chi connectivity index (χ3n) is 5.94. The number of ether oxygens (including phenoxy) is 1. The van der Waals surface area contributed by atoms with Gasteiger partial charge in [0.25, 0.3) is 0 Å². The molecular weight excluding hydrogens is 402 g/mol. The van der Waals surface area contributed by atoms with Crippen LogP contribution in [0.1, 0.15) is 24.5 Å². The number of aliphatic imine (C=N–C) groups is 1. The smallest absolute Gasteiger partial charge is 0.229 e. The van der Waals surface area contributed by atoms with Gasteiger partial charge in [0.15, 0.2) is 5.96 Å². The minimum atomic E-state index is 0.0311. The molecule has 2 heterocycles. The molecule has 32 heavy (non-hydrogen) atoms. The predicted octanol–water partition coefficient (Wildman–Crippen LogP) is 2.38. The van der Waals surface area contributed by atoms with Crippen LogP contribution in [0, 0.1) is 0 Å². The molecule has 0 radical (unpaired) electrons. The van der Waals surface area contributed by atoms with Crippen LogP contribution in [0.5, 0.6) is 0 Å². The van der Waals surface area contributed by atoms with Crippen LogP contribution in [0.2, 0.25) is 0 Å². The van der Waals surface area contributed by atoms with Gasteiger partial charge in [0.2, 0.25) is 5.91 Å². The Balaban J connectivity index is 1.29. The summed E-state index contributed by atoms with van der Waals surface area (Å²) in [4.78, 5) is 21.1. The minimum absolute atomic E-state index is 0.0311. The quantitative estimate of drug-likeness (QED) is 0.539. The van der Waals surface area contributed by atoms with Crippen molar-refractivity contribution in [1.82, 2.24) is 15.5 Å². The fourth-order valence-electron chi connectivity index (χ4n) is 4.37. The molecule has 170 valence electrons. The molecule has 0 bridgehead atoms. The number of benzene rings is 2. The summed E-state index contributed by atoms with van der Waals surface area (Å²) in [5, 5.41) is 6.80. The Morgan fingerprint density at radius 1 is 1.12 bits per heavy atom. The van der Waals surface area contributed by atoms with E-state index in [4.69, 9.17) is 4.74 Å². The number of guanidine groups is 1. The molecule has 2 saturated heterocycles. The molecule has 7 nitrogen and oxygen atoms in total. The molecule has 0 saturated carbocycles. The third kappa shape index (κ3) is 5.87. The Morgan fingerprint density at radius 3 is 2.72 bits per heavy atom. The molecule has 0 spiro atoms. The molecule has 2 aliphatic heterocycles. The zero-order valence-corrected chi connectivity index (χ0v) is 19.0. The van der Waals surface area contributed by atoms with Gasteiger partial charge >= 0.3 is 0 Å². The van der Waals surface area contributed by atoms with E-state index in [1.54, 1.807) is 7.05 Å². The van der Waals surface area contributed by atoms with Gasteiger partial charge in [-0.3, -0.25) is 14.7 Å². The van der Waals surface area contributed by atoms with E-state index in [1.165, 1.54) is 11.1 Å². The number of nitrogens with zero attached hydrogens (tertiary/aromatic N) is 3. The van der Waals surface area contributed by atoms with Gasteiger partial charge in [-0.2, -0.15) is 0 Å². The summed E-state index contributed by atoms with van der Waals surface area (Å²) >= 11 is 0. The first-order valence-electron chi connectivity index (χ1n) is 11.3. The summed E-state index contributed by atoms with van der Waals surface area (Å²) in [7, 11) is 1.76. The fourth-order valence-corrected chi connectivity index (χ4v) is 4.37. The van der Waals surface area contributed by atoms with E-state index >= 15 is 0 Å². The maximum Gasteiger partial charge on any atom is 0.229 e. The normalized spacial score (nSPS) is 22.2. The van der Waals surface area contributed by atoms with Crippen molar-refractivity contribution in [2.24, 2.45) is 4.99 Å². The van der Waals surface area contributed by atoms with Crippen molar-refractivity contribution >= 4 is 17.6 Å². The second-order valence-electron chi connectivity index (χ2n) is 8.55. The number of carbonyl (C=O) groups excluding carboxylic acids is 1. The Hall–Kier alpha value is -2.90. The zero-order valence-electron chi connectivity index (χ0n) is 19.0. The molecule has 2 atom stereocenters. The predicted molar refractivity (Wildman–Crippen MR) is 128 cm³/mol. The number of morpholine rings is 1. The zero-order chi connectivity index (χ0) is 22.3. The number of amides is 1. The Morgan fingerprint density at radius 2 is 1.94 bits per heavy atom. The van der Waals surface area contributed by atoms with Crippen LogP contribution >= 0.6 is 0 Å². The second kappa shape index (κ2) is 10.6. The van der Waals surface area contributed by atoms with Gasteiger partial charge in [-0.05, 0) is 30.2 Å². The van der Waals surface area contributed by atoms with E-state index in [0.29, 0.717) is 31.6 Å². The van der Waals surface area contributed by atoms with E-state index < -0.39 is 0 Å². The number of hydrogen-bond acceptors (Lipinski definition) is 4. The first-order valence-corrected chi connectivity index (χ1v) is 11.3. The monoisotopic (exact) mass is 435 g/mol. The number of hydrogen-bond donors (Lipinski definition) is 2. The first-order chi connectivity index (χ1) is 15.6. The average molecular weight is 436 g/mol. The highest BCUT2D eigenvalue weighted by atomic mass is 16.5. The molecule has 7 heteroatoms. The number of anilines is 1. The van der Waals surface area contributed by atoms with Crippen LogP contribution in [0.25, 0.3) is 0 Å². The lowest BCUT2D eigenvalue weighted by Gasteiger charge is -2.31. The van der Waals surface area contributed by atoms with Crippen LogP contribution < -0.4 is 15.5 Å². The molecule has 2 aromatic carbocycles. The van der Waals surface area contributed by atoms with Gasteiger partial charge in [0.05, 0.1) is 18.8 Å². The molecule has 4 rings (SSSR count). The van der Waals surface area contributed by atoms with Crippen LogP contribution in [-0.4, -0.2) is 62.2 Å². The standard InChI is InChI=1S/C25H33N5O2/c1-19-16-29(11-12-32-19)17-21-8-6-7-20(13-21)15-27-25(26-2)28-22-14-24(31)30(18-22)23-9-4-3-5-10-23/h3-10,13,19,22H,11-12,14-18H2,1-2H3,(H2,26,27,28). The first kappa shape index (κ1) is 22.3. The molecule has 0 aliphatic carbocycles. The van der Waals surface area contributed by atoms with Crippen LogP contribution in [0.3, 0.4) is 0 Å². The van der Waals surface area contributed by atoms with E-state index in [-0.39, 0.29) is 11.9 Å². The Bertz CT molecular complexity index is 933. The van der Waals surface area contributed by atoms with Gasteiger partial charge in [0.1, 0.15) is 0 Å². The van der Waals surface area contributed by atoms with Crippen molar-refractivity contribution in [1.29, 1.82) is 0 Å². The largest absolute Gasteiger partial charge is 0.376 e. The lowest BCUT2D eigenvalue weighted by atomic mass is 10.1. The van der Waals surface area contributed by atoms with Gasteiger partial charge in [-0.15, -0.1) is 0 Å². The summed E-state index contributed by atoms with van der Waals surface area (Å²) in [6.07, 6.45) is 0.756. The molecule has 2 unspecified atom stereocenters. The van der Waals surface area contributed by atoms with Crippen LogP contribution in [-0.2, 0) is 22.6 Å². The van der Waals surface area contributed by atoms with Crippen molar-refractivity contribution in [2.45, 2.75) is 38.6 Å². The van der Waals surface area contributed by atoms with Crippen LogP contribution in [0.4, 0.5) is 5.69 Å². The maximum atomic E-state index is 12.5. The van der Waals surface area contributed by atoms with Crippen molar-refractivity contribution in [2.75, 3.05) is 38.2 Å². The third-order valence-corrected chi connectivity index (χ3v) is 5.94. The minimum Gasteiger partial charge on any atom is -0.376 e. The Kier molecular flexibility index (Phi) is 7.39. The maximum absolute atomic E-state index is 12.5. The van der Waals surface area contributed by atoms with Crippen molar-refractivity contribution < 1.29 is 9.53 Å². The van der Waals surface area contributed by atoms with E-state index in [9.17, 15) is 4.79 Å². The van der Waals surface area contributed by atoms with E-state index in [2.05, 4.69) is 51.7 Å². The topological polar surface area (TPSA) is 69.2 Å². The average Bonchev–Trinajstić information content (AvgIpc) is 3.17. The molecular formula is C25H33N5O2. The molecule has 0 aromatic heterocycles. The molecule has 1 amide bonds. The summed E-state index contributed by atoms with van der Waals surface area (Å²) in [6, 6.07) is 18.5. The highest BCUT2D eigenvalue weighted by Gasteiger charge is 2.31. The van der Waals surface area contributed by atoms with Crippen molar-refractivity contribution in [3.63, 3.8) is 0 Å². The molecule has 2 N–H and O–H groups in total. The highest BCUT2D eigenvalue weighted by Crippen LogP contribution is 2.21. The highest BCUT2D eigenvalue weighted by molar-refractivity contribution is 5.97. The second-order valence-corrected chi connectivity index (χ2v) is 8.55. The summed E-state index contributed by atoms with van der Waals surface area (Å²) < 4.78 is 5.64. The number of carbonyl (C=O) groups is 1. The van der Waals surface area contributed by atoms with Crippen molar-refractivity contribution in [3.8, 4) is 0 Å². The number of rotatable bonds is 6. The summed E-state index contributed by atoms with van der Waals surface area (Å²) in [5.41, 5.74) is 3.46. The number of nitrogens with one attached hydrogen (secondary N) is 2. The number of para-hydroxylation sites is 1. The van der Waals surface area contributed by atoms with Gasteiger partial charge in [0, 0.05) is 51.9 Å². The SMILES string of the molecule is CN=C(NCc1cccc(CN2CCOC(C)C2)c1)NC1CC(=O)N(c2ccccc2)C1. The van der Waals surface area contributed by atoms with Crippen molar-refractivity contribution in [3.05, 3.63) is 65.7 Å². The lowest BCUT2D eigenvalue weighted by molar-refractivity contribution is -0.117. The van der Waals surface area contributed by atoms with Gasteiger partial charge in [-0.25, -0.2) is 0 Å². The lowest BCUT2D eigenvalue weighted by Crippen LogP contribution is -2.44. The summed E-state index contributed by atoms with van der Waals surface area (Å²) in [6.45, 7) is 7.13. The fraction of sp³-hybridized carbons (Fsp3) is 0.440. The molecule has 2 aliphatic rings. The Labute approximate surface area is 190 Å². The van der Waals surface area contributed by atoms with E-state index in [0.717, 1.165) is 31.9 Å². The van der Waals surface area contributed by atoms with Gasteiger partial charge < -0.3 is 20.3 Å².